The van der Waals surface area contributed by atoms with Crippen molar-refractivity contribution in [1.29, 1.82) is 0 Å². The second kappa shape index (κ2) is 7.14. The molecule has 1 rings (SSSR count). The smallest absolute Gasteiger partial charge is 0.173 e. The summed E-state index contributed by atoms with van der Waals surface area (Å²) in [7, 11) is 1.57. The SMILES string of the molecule is COc1cc(CNCCC(C)(C)C)ccc1/C(N)=N/O. The van der Waals surface area contributed by atoms with Crippen LogP contribution in [0.5, 0.6) is 5.75 Å². The monoisotopic (exact) mass is 279 g/mol. The lowest BCUT2D eigenvalue weighted by Crippen LogP contribution is -2.20. The zero-order chi connectivity index (χ0) is 15.2. The number of methoxy groups -OCH3 is 1. The molecule has 0 aliphatic rings. The maximum absolute atomic E-state index is 8.72. The summed E-state index contributed by atoms with van der Waals surface area (Å²) >= 11 is 0. The highest BCUT2D eigenvalue weighted by atomic mass is 16.5. The second-order valence-electron chi connectivity index (χ2n) is 6.01. The summed E-state index contributed by atoms with van der Waals surface area (Å²) in [5.74, 6) is 0.657. The Kier molecular flexibility index (Phi) is 5.82. The Morgan fingerprint density at radius 2 is 2.10 bits per heavy atom. The lowest BCUT2D eigenvalue weighted by atomic mass is 9.92. The first-order valence-electron chi connectivity index (χ1n) is 6.73. The normalized spacial score (nSPS) is 12.5. The number of nitrogens with one attached hydrogen (secondary N) is 1. The first-order chi connectivity index (χ1) is 9.37. The van der Waals surface area contributed by atoms with Crippen molar-refractivity contribution in [2.24, 2.45) is 16.3 Å². The number of nitrogens with two attached hydrogens (primary N) is 1. The van der Waals surface area contributed by atoms with E-state index in [-0.39, 0.29) is 5.84 Å². The van der Waals surface area contributed by atoms with Crippen LogP contribution in [0.4, 0.5) is 0 Å². The van der Waals surface area contributed by atoms with Gasteiger partial charge in [0.1, 0.15) is 5.75 Å². The fourth-order valence-electron chi connectivity index (χ4n) is 1.81. The van der Waals surface area contributed by atoms with Gasteiger partial charge in [-0.2, -0.15) is 0 Å². The van der Waals surface area contributed by atoms with E-state index in [0.29, 0.717) is 16.7 Å². The zero-order valence-corrected chi connectivity index (χ0v) is 12.7. The summed E-state index contributed by atoms with van der Waals surface area (Å²) in [6.45, 7) is 8.41. The molecular weight excluding hydrogens is 254 g/mol. The highest BCUT2D eigenvalue weighted by Crippen LogP contribution is 2.20. The molecule has 112 valence electrons. The van der Waals surface area contributed by atoms with Gasteiger partial charge in [0.25, 0.3) is 0 Å². The quantitative estimate of drug-likeness (QED) is 0.245. The second-order valence-corrected chi connectivity index (χ2v) is 6.01. The van der Waals surface area contributed by atoms with Crippen LogP contribution in [0.3, 0.4) is 0 Å². The van der Waals surface area contributed by atoms with Crippen LogP contribution in [0.25, 0.3) is 0 Å². The molecule has 0 aromatic heterocycles. The average Bonchev–Trinajstić information content (AvgIpc) is 2.41. The third-order valence-electron chi connectivity index (χ3n) is 3.03. The molecule has 0 spiro atoms. The molecule has 0 saturated carbocycles. The summed E-state index contributed by atoms with van der Waals surface area (Å²) in [5, 5.41) is 15.1. The van der Waals surface area contributed by atoms with Crippen molar-refractivity contribution in [3.05, 3.63) is 29.3 Å². The Bertz CT molecular complexity index is 465. The van der Waals surface area contributed by atoms with E-state index in [1.165, 1.54) is 0 Å². The van der Waals surface area contributed by atoms with Gasteiger partial charge in [-0.05, 0) is 36.1 Å². The van der Waals surface area contributed by atoms with Crippen molar-refractivity contribution < 1.29 is 9.94 Å². The molecule has 0 fully saturated rings. The molecule has 0 amide bonds. The van der Waals surface area contributed by atoms with Gasteiger partial charge in [-0.25, -0.2) is 0 Å². The van der Waals surface area contributed by atoms with E-state index in [4.69, 9.17) is 15.7 Å². The summed E-state index contributed by atoms with van der Waals surface area (Å²) in [5.41, 5.74) is 7.62. The molecule has 1 aromatic carbocycles. The predicted molar refractivity (Wildman–Crippen MR) is 81.3 cm³/mol. The topological polar surface area (TPSA) is 79.9 Å². The molecule has 20 heavy (non-hydrogen) atoms. The number of hydrogen-bond donors (Lipinski definition) is 3. The van der Waals surface area contributed by atoms with Crippen molar-refractivity contribution in [3.63, 3.8) is 0 Å². The van der Waals surface area contributed by atoms with E-state index >= 15 is 0 Å². The highest BCUT2D eigenvalue weighted by molar-refractivity contribution is 5.99. The molecule has 5 heteroatoms. The minimum atomic E-state index is 0.0501. The van der Waals surface area contributed by atoms with Crippen molar-refractivity contribution >= 4 is 5.84 Å². The first-order valence-corrected chi connectivity index (χ1v) is 6.73. The van der Waals surface area contributed by atoms with Crippen LogP contribution >= 0.6 is 0 Å². The molecule has 0 radical (unpaired) electrons. The predicted octanol–water partition coefficient (Wildman–Crippen LogP) is 2.32. The van der Waals surface area contributed by atoms with Crippen LogP contribution in [0.1, 0.15) is 38.3 Å². The summed E-state index contributed by atoms with van der Waals surface area (Å²) < 4.78 is 5.27. The third-order valence-corrected chi connectivity index (χ3v) is 3.03. The molecule has 0 atom stereocenters. The summed E-state index contributed by atoms with van der Waals surface area (Å²) in [4.78, 5) is 0. The van der Waals surface area contributed by atoms with Crippen LogP contribution in [-0.2, 0) is 6.54 Å². The fourth-order valence-corrected chi connectivity index (χ4v) is 1.81. The van der Waals surface area contributed by atoms with Crippen molar-refractivity contribution in [3.8, 4) is 5.75 Å². The van der Waals surface area contributed by atoms with Crippen LogP contribution in [-0.4, -0.2) is 24.7 Å². The molecule has 0 unspecified atom stereocenters. The Hall–Kier alpha value is -1.75. The van der Waals surface area contributed by atoms with Crippen molar-refractivity contribution in [1.82, 2.24) is 5.32 Å². The van der Waals surface area contributed by atoms with E-state index in [0.717, 1.165) is 25.1 Å². The number of benzene rings is 1. The molecule has 0 saturated heterocycles. The first kappa shape index (κ1) is 16.3. The van der Waals surface area contributed by atoms with E-state index in [1.54, 1.807) is 13.2 Å². The van der Waals surface area contributed by atoms with Gasteiger partial charge in [-0.3, -0.25) is 0 Å². The van der Waals surface area contributed by atoms with E-state index in [1.807, 2.05) is 12.1 Å². The average molecular weight is 279 g/mol. The minimum Gasteiger partial charge on any atom is -0.496 e. The maximum Gasteiger partial charge on any atom is 0.173 e. The molecule has 0 heterocycles. The number of nitrogens with zero attached hydrogens (tertiary/aromatic N) is 1. The highest BCUT2D eigenvalue weighted by Gasteiger charge is 2.10. The van der Waals surface area contributed by atoms with Crippen molar-refractivity contribution in [2.75, 3.05) is 13.7 Å². The van der Waals surface area contributed by atoms with Gasteiger partial charge in [-0.1, -0.05) is 32.0 Å². The van der Waals surface area contributed by atoms with Crippen molar-refractivity contribution in [2.45, 2.75) is 33.7 Å². The molecule has 5 nitrogen and oxygen atoms in total. The number of amidine groups is 1. The Balaban J connectivity index is 2.65. The van der Waals surface area contributed by atoms with Gasteiger partial charge < -0.3 is 21.0 Å². The molecule has 1 aromatic rings. The van der Waals surface area contributed by atoms with Crippen LogP contribution in [0.2, 0.25) is 0 Å². The maximum atomic E-state index is 8.72. The summed E-state index contributed by atoms with van der Waals surface area (Å²) in [6.07, 6.45) is 1.12. The van der Waals surface area contributed by atoms with Crippen LogP contribution in [0.15, 0.2) is 23.4 Å². The number of rotatable bonds is 6. The van der Waals surface area contributed by atoms with Crippen LogP contribution < -0.4 is 15.8 Å². The molecule has 0 bridgehead atoms. The van der Waals surface area contributed by atoms with Gasteiger partial charge in [0, 0.05) is 6.54 Å². The van der Waals surface area contributed by atoms with E-state index in [2.05, 4.69) is 31.2 Å². The Morgan fingerprint density at radius 1 is 1.40 bits per heavy atom. The lowest BCUT2D eigenvalue weighted by Gasteiger charge is -2.18. The van der Waals surface area contributed by atoms with Gasteiger partial charge in [0.15, 0.2) is 5.84 Å². The van der Waals surface area contributed by atoms with E-state index < -0.39 is 0 Å². The van der Waals surface area contributed by atoms with E-state index in [9.17, 15) is 0 Å². The molecular formula is C15H25N3O2. The minimum absolute atomic E-state index is 0.0501. The lowest BCUT2D eigenvalue weighted by molar-refractivity contribution is 0.318. The zero-order valence-electron chi connectivity index (χ0n) is 12.7. The van der Waals surface area contributed by atoms with Crippen LogP contribution in [0, 0.1) is 5.41 Å². The van der Waals surface area contributed by atoms with Gasteiger partial charge in [0.05, 0.1) is 12.7 Å². The third kappa shape index (κ3) is 5.09. The Morgan fingerprint density at radius 3 is 2.65 bits per heavy atom. The summed E-state index contributed by atoms with van der Waals surface area (Å²) in [6, 6.07) is 5.64. The molecule has 4 N–H and O–H groups in total. The van der Waals surface area contributed by atoms with Gasteiger partial charge in [-0.15, -0.1) is 0 Å². The largest absolute Gasteiger partial charge is 0.496 e. The number of oxime groups is 1. The molecule has 0 aliphatic carbocycles. The molecule has 0 aliphatic heterocycles. The number of hydrogen-bond acceptors (Lipinski definition) is 4. The van der Waals surface area contributed by atoms with Gasteiger partial charge in [0.2, 0.25) is 0 Å². The van der Waals surface area contributed by atoms with Gasteiger partial charge >= 0.3 is 0 Å². The number of ether oxygens (including phenoxy) is 1. The standard InChI is InChI=1S/C15H25N3O2/c1-15(2,3)7-8-17-10-11-5-6-12(14(16)18-19)13(9-11)20-4/h5-6,9,17,19H,7-8,10H2,1-4H3,(H2,16,18). The fraction of sp³-hybridized carbons (Fsp3) is 0.533. The Labute approximate surface area is 120 Å².